The first-order chi connectivity index (χ1) is 9.97. The van der Waals surface area contributed by atoms with Crippen LogP contribution in [0.1, 0.15) is 43.2 Å². The van der Waals surface area contributed by atoms with Crippen molar-refractivity contribution in [3.05, 3.63) is 24.2 Å². The molecule has 1 rings (SSSR count). The highest BCUT2D eigenvalue weighted by Gasteiger charge is 2.39. The van der Waals surface area contributed by atoms with E-state index in [1.54, 1.807) is 6.07 Å². The zero-order chi connectivity index (χ0) is 15.7. The van der Waals surface area contributed by atoms with Gasteiger partial charge in [-0.2, -0.15) is 8.78 Å². The average molecular weight is 304 g/mol. The molecule has 1 aromatic rings. The molecule has 7 heteroatoms. The molecule has 0 N–H and O–H groups in total. The molecule has 0 bridgehead atoms. The van der Waals surface area contributed by atoms with Gasteiger partial charge in [-0.15, -0.1) is 0 Å². The zero-order valence-electron chi connectivity index (χ0n) is 11.8. The molecule has 0 aliphatic rings. The van der Waals surface area contributed by atoms with Gasteiger partial charge >= 0.3 is 17.9 Å². The Balaban J connectivity index is 2.12. The second-order valence-corrected chi connectivity index (χ2v) is 4.35. The summed E-state index contributed by atoms with van der Waals surface area (Å²) in [6.07, 6.45) is 1.78. The number of carbonyl (C=O) groups is 2. The molecule has 0 aliphatic heterocycles. The largest absolute Gasteiger partial charge is 0.462 e. The van der Waals surface area contributed by atoms with Crippen molar-refractivity contribution in [1.82, 2.24) is 0 Å². The van der Waals surface area contributed by atoms with Crippen LogP contribution in [0.15, 0.2) is 22.8 Å². The van der Waals surface area contributed by atoms with Crippen LogP contribution in [0, 0.1) is 0 Å². The minimum Gasteiger partial charge on any atom is -0.462 e. The molecular formula is C14H18F2O5. The number of furan rings is 1. The fraction of sp³-hybridized carbons (Fsp3) is 0.571. The maximum absolute atomic E-state index is 13.3. The number of halogens is 2. The average Bonchev–Trinajstić information content (AvgIpc) is 2.96. The summed E-state index contributed by atoms with van der Waals surface area (Å²) >= 11 is 0. The quantitative estimate of drug-likeness (QED) is 0.518. The second kappa shape index (κ2) is 8.39. The van der Waals surface area contributed by atoms with Gasteiger partial charge in [-0.1, -0.05) is 0 Å². The number of hydrogen-bond donors (Lipinski definition) is 0. The maximum atomic E-state index is 13.3. The highest BCUT2D eigenvalue weighted by atomic mass is 19.3. The molecule has 21 heavy (non-hydrogen) atoms. The first-order valence-electron chi connectivity index (χ1n) is 6.73. The lowest BCUT2D eigenvalue weighted by molar-refractivity contribution is -0.172. The van der Waals surface area contributed by atoms with E-state index in [2.05, 4.69) is 4.74 Å². The number of rotatable bonds is 9. The molecule has 0 fully saturated rings. The topological polar surface area (TPSA) is 65.7 Å². The van der Waals surface area contributed by atoms with Crippen molar-refractivity contribution in [3.8, 4) is 0 Å². The van der Waals surface area contributed by atoms with Crippen molar-refractivity contribution in [2.75, 3.05) is 13.2 Å². The zero-order valence-corrected chi connectivity index (χ0v) is 11.8. The van der Waals surface area contributed by atoms with Gasteiger partial charge in [0.1, 0.15) is 0 Å². The molecule has 0 aromatic carbocycles. The highest BCUT2D eigenvalue weighted by Crippen LogP contribution is 2.23. The number of esters is 2. The molecule has 118 valence electrons. The third-order valence-corrected chi connectivity index (χ3v) is 2.66. The molecular weight excluding hydrogens is 286 g/mol. The van der Waals surface area contributed by atoms with Crippen LogP contribution in [0.5, 0.6) is 0 Å². The normalized spacial score (nSPS) is 11.2. The standard InChI is InChI=1S/C14H18F2O5/c1-2-19-13(18)14(15,16)8-4-3-5-9-21-12(17)11-7-6-10-20-11/h6-7,10H,2-5,8-9H2,1H3. The Bertz CT molecular complexity index is 442. The Morgan fingerprint density at radius 2 is 2.00 bits per heavy atom. The van der Waals surface area contributed by atoms with Crippen molar-refractivity contribution in [2.45, 2.75) is 38.5 Å². The smallest absolute Gasteiger partial charge is 0.376 e. The van der Waals surface area contributed by atoms with Crippen LogP contribution in [0.3, 0.4) is 0 Å². The number of alkyl halides is 2. The monoisotopic (exact) mass is 304 g/mol. The minimum atomic E-state index is -3.46. The maximum Gasteiger partial charge on any atom is 0.376 e. The molecule has 1 heterocycles. The molecule has 0 radical (unpaired) electrons. The van der Waals surface area contributed by atoms with Gasteiger partial charge in [0, 0.05) is 6.42 Å². The predicted octanol–water partition coefficient (Wildman–Crippen LogP) is 3.20. The van der Waals surface area contributed by atoms with E-state index < -0.39 is 24.3 Å². The van der Waals surface area contributed by atoms with Crippen LogP contribution < -0.4 is 0 Å². The Kier molecular flexibility index (Phi) is 6.84. The Morgan fingerprint density at radius 1 is 1.24 bits per heavy atom. The molecule has 0 unspecified atom stereocenters. The van der Waals surface area contributed by atoms with Gasteiger partial charge < -0.3 is 13.9 Å². The lowest BCUT2D eigenvalue weighted by Gasteiger charge is -2.14. The summed E-state index contributed by atoms with van der Waals surface area (Å²) in [5.74, 6) is -5.43. The van der Waals surface area contributed by atoms with Gasteiger partial charge in [-0.25, -0.2) is 9.59 Å². The second-order valence-electron chi connectivity index (χ2n) is 4.35. The third-order valence-electron chi connectivity index (χ3n) is 2.66. The third kappa shape index (κ3) is 5.93. The first-order valence-corrected chi connectivity index (χ1v) is 6.73. The van der Waals surface area contributed by atoms with Gasteiger partial charge in [0.15, 0.2) is 0 Å². The molecule has 0 aliphatic carbocycles. The first kappa shape index (κ1) is 17.1. The van der Waals surface area contributed by atoms with E-state index in [-0.39, 0.29) is 25.4 Å². The van der Waals surface area contributed by atoms with Crippen LogP contribution >= 0.6 is 0 Å². The Morgan fingerprint density at radius 3 is 2.62 bits per heavy atom. The van der Waals surface area contributed by atoms with Gasteiger partial charge in [-0.3, -0.25) is 0 Å². The van der Waals surface area contributed by atoms with Crippen molar-refractivity contribution in [3.63, 3.8) is 0 Å². The van der Waals surface area contributed by atoms with Crippen LogP contribution in [-0.2, 0) is 14.3 Å². The van der Waals surface area contributed by atoms with Crippen molar-refractivity contribution in [2.24, 2.45) is 0 Å². The Hall–Kier alpha value is -1.92. The molecule has 1 aromatic heterocycles. The van der Waals surface area contributed by atoms with Crippen LogP contribution in [0.25, 0.3) is 0 Å². The fourth-order valence-electron chi connectivity index (χ4n) is 1.60. The molecule has 0 atom stereocenters. The molecule has 0 saturated carbocycles. The fourth-order valence-corrected chi connectivity index (χ4v) is 1.60. The lowest BCUT2D eigenvalue weighted by Crippen LogP contribution is -2.30. The number of ether oxygens (including phenoxy) is 2. The van der Waals surface area contributed by atoms with E-state index in [1.165, 1.54) is 19.3 Å². The molecule has 5 nitrogen and oxygen atoms in total. The lowest BCUT2D eigenvalue weighted by atomic mass is 10.1. The number of hydrogen-bond acceptors (Lipinski definition) is 5. The summed E-state index contributed by atoms with van der Waals surface area (Å²) in [7, 11) is 0. The summed E-state index contributed by atoms with van der Waals surface area (Å²) in [6, 6.07) is 3.04. The van der Waals surface area contributed by atoms with E-state index in [0.717, 1.165) is 0 Å². The van der Waals surface area contributed by atoms with Crippen LogP contribution in [0.4, 0.5) is 8.78 Å². The van der Waals surface area contributed by atoms with E-state index in [1.807, 2.05) is 0 Å². The van der Waals surface area contributed by atoms with Crippen molar-refractivity contribution < 1.29 is 32.3 Å². The van der Waals surface area contributed by atoms with Crippen LogP contribution in [0.2, 0.25) is 0 Å². The number of carbonyl (C=O) groups excluding carboxylic acids is 2. The summed E-state index contributed by atoms with van der Waals surface area (Å²) in [4.78, 5) is 22.3. The number of unbranched alkanes of at least 4 members (excludes halogenated alkanes) is 2. The van der Waals surface area contributed by atoms with E-state index in [9.17, 15) is 18.4 Å². The van der Waals surface area contributed by atoms with E-state index in [4.69, 9.17) is 9.15 Å². The molecule has 0 saturated heterocycles. The van der Waals surface area contributed by atoms with Crippen molar-refractivity contribution in [1.29, 1.82) is 0 Å². The summed E-state index contributed by atoms with van der Waals surface area (Å²) in [5.41, 5.74) is 0. The van der Waals surface area contributed by atoms with E-state index in [0.29, 0.717) is 12.8 Å². The van der Waals surface area contributed by atoms with Gasteiger partial charge in [0.25, 0.3) is 0 Å². The summed E-state index contributed by atoms with van der Waals surface area (Å²) in [5, 5.41) is 0. The van der Waals surface area contributed by atoms with Gasteiger partial charge in [0.2, 0.25) is 5.76 Å². The summed E-state index contributed by atoms with van der Waals surface area (Å²) in [6.45, 7) is 1.52. The van der Waals surface area contributed by atoms with Crippen LogP contribution in [-0.4, -0.2) is 31.1 Å². The minimum absolute atomic E-state index is 0.0723. The Labute approximate surface area is 121 Å². The highest BCUT2D eigenvalue weighted by molar-refractivity contribution is 5.86. The van der Waals surface area contributed by atoms with Gasteiger partial charge in [0.05, 0.1) is 19.5 Å². The summed E-state index contributed by atoms with van der Waals surface area (Å²) < 4.78 is 40.5. The van der Waals surface area contributed by atoms with Gasteiger partial charge in [-0.05, 0) is 38.3 Å². The molecule has 0 spiro atoms. The molecule has 0 amide bonds. The predicted molar refractivity (Wildman–Crippen MR) is 69.0 cm³/mol. The van der Waals surface area contributed by atoms with E-state index >= 15 is 0 Å². The SMILES string of the molecule is CCOC(=O)C(F)(F)CCCCCOC(=O)c1ccco1. The van der Waals surface area contributed by atoms with Crippen molar-refractivity contribution >= 4 is 11.9 Å².